The summed E-state index contributed by atoms with van der Waals surface area (Å²) in [5.74, 6) is 1.62. The van der Waals surface area contributed by atoms with Crippen LogP contribution in [0.15, 0.2) is 0 Å². The number of nitrogens with one attached hydrogen (secondary N) is 3. The Bertz CT molecular complexity index is 434. The van der Waals surface area contributed by atoms with Crippen molar-refractivity contribution >= 4 is 0 Å². The first-order chi connectivity index (χ1) is 12.7. The van der Waals surface area contributed by atoms with Crippen LogP contribution in [0.3, 0.4) is 0 Å². The Kier molecular flexibility index (Phi) is 6.49. The third-order valence-corrected chi connectivity index (χ3v) is 7.52. The first kappa shape index (κ1) is 19.1. The van der Waals surface area contributed by atoms with Gasteiger partial charge in [0.05, 0.1) is 25.8 Å². The molecular weight excluding hydrogens is 326 g/mol. The molecule has 0 aromatic heterocycles. The maximum absolute atomic E-state index is 6.09. The highest BCUT2D eigenvalue weighted by Gasteiger charge is 2.44. The molecule has 6 heteroatoms. The molecule has 4 aliphatic rings. The van der Waals surface area contributed by atoms with Crippen LogP contribution in [0.1, 0.15) is 57.8 Å². The van der Waals surface area contributed by atoms with Gasteiger partial charge in [0.15, 0.2) is 6.23 Å². The number of hydroxylamine groups is 1. The van der Waals surface area contributed by atoms with Crippen molar-refractivity contribution in [1.82, 2.24) is 15.7 Å². The summed E-state index contributed by atoms with van der Waals surface area (Å²) < 4.78 is 0. The monoisotopic (exact) mass is 367 g/mol. The number of rotatable bonds is 5. The Hall–Kier alpha value is -0.240. The average molecular weight is 368 g/mol. The van der Waals surface area contributed by atoms with Gasteiger partial charge in [0, 0.05) is 31.1 Å². The minimum atomic E-state index is 0.202. The fourth-order valence-corrected chi connectivity index (χ4v) is 5.87. The van der Waals surface area contributed by atoms with Gasteiger partial charge in [-0.15, -0.1) is 0 Å². The standard InChI is InChI=1S/C20H39N5O/c1-24(2)18-11-10-16(13-21-18)19-22-20(26-23-19)17-9-6-12-25(17)14-15-7-4-3-5-8-15/h15-23H,3-14H2,1-2H3/p+2. The predicted molar refractivity (Wildman–Crippen MR) is 102 cm³/mol. The number of quaternary nitrogens is 2. The molecule has 4 rings (SSSR count). The lowest BCUT2D eigenvalue weighted by Gasteiger charge is -2.33. The Morgan fingerprint density at radius 3 is 2.62 bits per heavy atom. The van der Waals surface area contributed by atoms with E-state index < -0.39 is 0 Å². The summed E-state index contributed by atoms with van der Waals surface area (Å²) in [6.45, 7) is 3.90. The van der Waals surface area contributed by atoms with Crippen LogP contribution in [0.5, 0.6) is 0 Å². The van der Waals surface area contributed by atoms with Crippen LogP contribution in [0.4, 0.5) is 0 Å². The summed E-state index contributed by atoms with van der Waals surface area (Å²) in [4.78, 5) is 10.2. The second kappa shape index (κ2) is 8.84. The molecule has 0 spiro atoms. The van der Waals surface area contributed by atoms with Crippen LogP contribution in [0.2, 0.25) is 0 Å². The number of hydrogen-bond donors (Lipinski definition) is 4. The Morgan fingerprint density at radius 1 is 1.04 bits per heavy atom. The van der Waals surface area contributed by atoms with Gasteiger partial charge < -0.3 is 10.2 Å². The number of piperidine rings is 1. The molecule has 1 aliphatic carbocycles. The molecule has 26 heavy (non-hydrogen) atoms. The second-order valence-electron chi connectivity index (χ2n) is 9.51. The van der Waals surface area contributed by atoms with Crippen molar-refractivity contribution in [2.45, 2.75) is 82.4 Å². The SMILES string of the molecule is CN(C)C1CCC(C2NOC(C3CCC[NH+]3CC3CCCCC3)N2)C[NH2+]1. The Balaban J connectivity index is 1.26. The van der Waals surface area contributed by atoms with E-state index in [1.54, 1.807) is 4.90 Å². The van der Waals surface area contributed by atoms with Crippen molar-refractivity contribution in [2.24, 2.45) is 11.8 Å². The van der Waals surface area contributed by atoms with Crippen molar-refractivity contribution < 1.29 is 15.1 Å². The quantitative estimate of drug-likeness (QED) is 0.517. The van der Waals surface area contributed by atoms with E-state index in [1.807, 2.05) is 0 Å². The van der Waals surface area contributed by atoms with Gasteiger partial charge in [0.25, 0.3) is 0 Å². The van der Waals surface area contributed by atoms with E-state index in [9.17, 15) is 0 Å². The van der Waals surface area contributed by atoms with Gasteiger partial charge >= 0.3 is 0 Å². The van der Waals surface area contributed by atoms with E-state index in [0.717, 1.165) is 5.92 Å². The van der Waals surface area contributed by atoms with Gasteiger partial charge in [-0.25, -0.2) is 0 Å². The lowest BCUT2D eigenvalue weighted by atomic mass is 9.89. The van der Waals surface area contributed by atoms with Crippen molar-refractivity contribution in [1.29, 1.82) is 0 Å². The van der Waals surface area contributed by atoms with Crippen molar-refractivity contribution in [3.8, 4) is 0 Å². The molecule has 0 radical (unpaired) electrons. The topological polar surface area (TPSA) is 57.6 Å². The molecule has 150 valence electrons. The molecule has 0 aromatic rings. The van der Waals surface area contributed by atoms with Gasteiger partial charge in [-0.05, 0) is 33.4 Å². The van der Waals surface area contributed by atoms with E-state index >= 15 is 0 Å². The van der Waals surface area contributed by atoms with Gasteiger partial charge in [-0.2, -0.15) is 5.48 Å². The maximum atomic E-state index is 6.09. The zero-order chi connectivity index (χ0) is 17.9. The van der Waals surface area contributed by atoms with E-state index in [2.05, 4.69) is 35.1 Å². The summed E-state index contributed by atoms with van der Waals surface area (Å²) >= 11 is 0. The summed E-state index contributed by atoms with van der Waals surface area (Å²) in [6, 6.07) is 0.636. The third-order valence-electron chi connectivity index (χ3n) is 7.52. The summed E-state index contributed by atoms with van der Waals surface area (Å²) in [6.07, 6.45) is 13.7. The second-order valence-corrected chi connectivity index (χ2v) is 9.51. The molecule has 0 bridgehead atoms. The first-order valence-electron chi connectivity index (χ1n) is 11.2. The van der Waals surface area contributed by atoms with Crippen LogP contribution < -0.4 is 21.0 Å². The van der Waals surface area contributed by atoms with Gasteiger partial charge in [0.1, 0.15) is 12.2 Å². The van der Waals surface area contributed by atoms with Gasteiger partial charge in [0.2, 0.25) is 0 Å². The summed E-state index contributed by atoms with van der Waals surface area (Å²) in [7, 11) is 4.38. The zero-order valence-electron chi connectivity index (χ0n) is 16.9. The summed E-state index contributed by atoms with van der Waals surface area (Å²) in [5.41, 5.74) is 3.36. The zero-order valence-corrected chi connectivity index (χ0v) is 16.9. The molecular formula is C20H41N5O+2. The van der Waals surface area contributed by atoms with Gasteiger partial charge in [-0.1, -0.05) is 19.3 Å². The molecule has 6 unspecified atom stereocenters. The molecule has 3 saturated heterocycles. The Labute approximate surface area is 159 Å². The van der Waals surface area contributed by atoms with Crippen LogP contribution in [0, 0.1) is 11.8 Å². The minimum Gasteiger partial charge on any atom is -0.331 e. The highest BCUT2D eigenvalue weighted by atomic mass is 16.7. The maximum Gasteiger partial charge on any atom is 0.183 e. The van der Waals surface area contributed by atoms with Crippen LogP contribution in [-0.4, -0.2) is 63.2 Å². The van der Waals surface area contributed by atoms with Crippen molar-refractivity contribution in [2.75, 3.05) is 33.7 Å². The van der Waals surface area contributed by atoms with E-state index in [-0.39, 0.29) is 6.23 Å². The van der Waals surface area contributed by atoms with E-state index in [0.29, 0.717) is 24.3 Å². The fraction of sp³-hybridized carbons (Fsp3) is 1.00. The molecule has 4 fully saturated rings. The predicted octanol–water partition coefficient (Wildman–Crippen LogP) is -0.748. The first-order valence-corrected chi connectivity index (χ1v) is 11.2. The molecule has 5 N–H and O–H groups in total. The van der Waals surface area contributed by atoms with Gasteiger partial charge in [-0.3, -0.25) is 15.1 Å². The smallest absolute Gasteiger partial charge is 0.183 e. The molecule has 3 aliphatic heterocycles. The Morgan fingerprint density at radius 2 is 1.88 bits per heavy atom. The average Bonchev–Trinajstić information content (AvgIpc) is 3.32. The van der Waals surface area contributed by atoms with Crippen LogP contribution in [-0.2, 0) is 4.84 Å². The number of nitrogens with two attached hydrogens (primary N) is 1. The molecule has 6 atom stereocenters. The largest absolute Gasteiger partial charge is 0.331 e. The number of likely N-dealkylation sites (tertiary alicyclic amines) is 1. The van der Waals surface area contributed by atoms with E-state index in [1.165, 1.54) is 77.4 Å². The minimum absolute atomic E-state index is 0.202. The van der Waals surface area contributed by atoms with Crippen molar-refractivity contribution in [3.63, 3.8) is 0 Å². The van der Waals surface area contributed by atoms with Crippen LogP contribution >= 0.6 is 0 Å². The highest BCUT2D eigenvalue weighted by molar-refractivity contribution is 4.84. The molecule has 1 saturated carbocycles. The van der Waals surface area contributed by atoms with Crippen LogP contribution in [0.25, 0.3) is 0 Å². The highest BCUT2D eigenvalue weighted by Crippen LogP contribution is 2.23. The van der Waals surface area contributed by atoms with Crippen molar-refractivity contribution in [3.05, 3.63) is 0 Å². The molecule has 3 heterocycles. The molecule has 6 nitrogen and oxygen atoms in total. The molecule has 0 aromatic carbocycles. The lowest BCUT2D eigenvalue weighted by molar-refractivity contribution is -0.919. The number of hydrogen-bond acceptors (Lipinski definition) is 4. The van der Waals surface area contributed by atoms with E-state index in [4.69, 9.17) is 4.84 Å². The number of nitrogens with zero attached hydrogens (tertiary/aromatic N) is 1. The third kappa shape index (κ3) is 4.42. The normalized spacial score (nSPS) is 42.6. The fourth-order valence-electron chi connectivity index (χ4n) is 5.87. The molecule has 0 amide bonds. The summed E-state index contributed by atoms with van der Waals surface area (Å²) in [5, 5.41) is 6.33. The lowest BCUT2D eigenvalue weighted by Crippen LogP contribution is -3.15.